The molecule has 2 N–H and O–H groups in total. The minimum Gasteiger partial charge on any atom is -0.318 e. The van der Waals surface area contributed by atoms with E-state index in [0.717, 1.165) is 11.3 Å². The van der Waals surface area contributed by atoms with Crippen LogP contribution < -0.4 is 10.6 Å². The lowest BCUT2D eigenvalue weighted by molar-refractivity contribution is -0.114. The highest BCUT2D eigenvalue weighted by Crippen LogP contribution is 2.28. The van der Waals surface area contributed by atoms with E-state index in [-0.39, 0.29) is 11.8 Å². The van der Waals surface area contributed by atoms with E-state index in [4.69, 9.17) is 0 Å². The van der Waals surface area contributed by atoms with Crippen LogP contribution >= 0.6 is 22.7 Å². The van der Waals surface area contributed by atoms with Gasteiger partial charge < -0.3 is 5.32 Å². The van der Waals surface area contributed by atoms with Crippen LogP contribution in [0.15, 0.2) is 35.7 Å². The SMILES string of the molecule is CC(=O)Nc1ccc(C(=O)Nc2nc(-c3ccc(C)c(C)c3)cs2)s1. The molecular formula is C18H17N3O2S2. The number of carbonyl (C=O) groups is 2. The molecule has 2 aromatic heterocycles. The molecule has 0 atom stereocenters. The van der Waals surface area contributed by atoms with Crippen molar-refractivity contribution in [2.45, 2.75) is 20.8 Å². The standard InChI is InChI=1S/C18H17N3O2S2/c1-10-4-5-13(8-11(10)2)14-9-24-18(20-14)21-17(23)15-6-7-16(25-15)19-12(3)22/h4-9H,1-3H3,(H,19,22)(H,20,21,23). The number of anilines is 2. The number of thiazole rings is 1. The molecule has 2 heterocycles. The van der Waals surface area contributed by atoms with E-state index < -0.39 is 0 Å². The Bertz CT molecular complexity index is 943. The fourth-order valence-corrected chi connectivity index (χ4v) is 3.79. The Hall–Kier alpha value is -2.51. The van der Waals surface area contributed by atoms with Crippen LogP contribution in [-0.4, -0.2) is 16.8 Å². The highest BCUT2D eigenvalue weighted by molar-refractivity contribution is 7.18. The number of hydrogen-bond acceptors (Lipinski definition) is 5. The summed E-state index contributed by atoms with van der Waals surface area (Å²) in [4.78, 5) is 28.4. The molecule has 0 aliphatic rings. The first-order chi connectivity index (χ1) is 11.9. The minimum absolute atomic E-state index is 0.160. The Kier molecular flexibility index (Phi) is 4.96. The summed E-state index contributed by atoms with van der Waals surface area (Å²) in [6.45, 7) is 5.57. The monoisotopic (exact) mass is 371 g/mol. The van der Waals surface area contributed by atoms with Crippen molar-refractivity contribution in [2.75, 3.05) is 10.6 Å². The van der Waals surface area contributed by atoms with Crippen molar-refractivity contribution in [2.24, 2.45) is 0 Å². The van der Waals surface area contributed by atoms with Crippen LogP contribution in [0.5, 0.6) is 0 Å². The second-order valence-corrected chi connectivity index (χ2v) is 7.58. The van der Waals surface area contributed by atoms with E-state index in [0.29, 0.717) is 15.0 Å². The Morgan fingerprint density at radius 2 is 1.84 bits per heavy atom. The first-order valence-corrected chi connectivity index (χ1v) is 9.34. The molecule has 0 aliphatic carbocycles. The molecular weight excluding hydrogens is 354 g/mol. The number of hydrogen-bond donors (Lipinski definition) is 2. The number of aryl methyl sites for hydroxylation is 2. The molecule has 0 aliphatic heterocycles. The molecule has 25 heavy (non-hydrogen) atoms. The normalized spacial score (nSPS) is 10.5. The van der Waals surface area contributed by atoms with Crippen molar-refractivity contribution in [3.8, 4) is 11.3 Å². The molecule has 0 saturated carbocycles. The van der Waals surface area contributed by atoms with Crippen LogP contribution in [0.4, 0.5) is 10.1 Å². The molecule has 3 rings (SSSR count). The van der Waals surface area contributed by atoms with Gasteiger partial charge in [0.2, 0.25) is 5.91 Å². The third-order valence-corrected chi connectivity index (χ3v) is 5.41. The van der Waals surface area contributed by atoms with Gasteiger partial charge >= 0.3 is 0 Å². The lowest BCUT2D eigenvalue weighted by atomic mass is 10.1. The van der Waals surface area contributed by atoms with Gasteiger partial charge in [0.25, 0.3) is 5.91 Å². The number of nitrogens with zero attached hydrogens (tertiary/aromatic N) is 1. The number of benzene rings is 1. The van der Waals surface area contributed by atoms with Crippen molar-refractivity contribution >= 4 is 44.6 Å². The predicted molar refractivity (Wildman–Crippen MR) is 104 cm³/mol. The summed E-state index contributed by atoms with van der Waals surface area (Å²) in [6.07, 6.45) is 0. The maximum absolute atomic E-state index is 12.3. The maximum Gasteiger partial charge on any atom is 0.267 e. The highest BCUT2D eigenvalue weighted by Gasteiger charge is 2.13. The molecule has 0 spiro atoms. The molecule has 0 bridgehead atoms. The summed E-state index contributed by atoms with van der Waals surface area (Å²) in [5.74, 6) is -0.394. The number of amides is 2. The summed E-state index contributed by atoms with van der Waals surface area (Å²) in [5.41, 5.74) is 4.32. The van der Waals surface area contributed by atoms with E-state index in [9.17, 15) is 9.59 Å². The molecule has 5 nitrogen and oxygen atoms in total. The van der Waals surface area contributed by atoms with Crippen LogP contribution in [0.2, 0.25) is 0 Å². The lowest BCUT2D eigenvalue weighted by Crippen LogP contribution is -2.09. The van der Waals surface area contributed by atoms with Gasteiger partial charge in [-0.25, -0.2) is 4.98 Å². The van der Waals surface area contributed by atoms with Gasteiger partial charge in [-0.05, 0) is 43.2 Å². The molecule has 1 aromatic carbocycles. The lowest BCUT2D eigenvalue weighted by Gasteiger charge is -2.02. The third kappa shape index (κ3) is 4.12. The second-order valence-electron chi connectivity index (χ2n) is 5.64. The predicted octanol–water partition coefficient (Wildman–Crippen LogP) is 4.70. The number of carbonyl (C=O) groups excluding carboxylic acids is 2. The Morgan fingerprint density at radius 3 is 2.56 bits per heavy atom. The zero-order valence-electron chi connectivity index (χ0n) is 14.0. The summed E-state index contributed by atoms with van der Waals surface area (Å²) in [7, 11) is 0. The van der Waals surface area contributed by atoms with E-state index >= 15 is 0 Å². The summed E-state index contributed by atoms with van der Waals surface area (Å²) < 4.78 is 0. The Morgan fingerprint density at radius 1 is 1.04 bits per heavy atom. The van der Waals surface area contributed by atoms with Crippen molar-refractivity contribution in [3.05, 3.63) is 51.7 Å². The van der Waals surface area contributed by atoms with E-state index in [2.05, 4.69) is 41.6 Å². The molecule has 2 amide bonds. The van der Waals surface area contributed by atoms with E-state index in [1.165, 1.54) is 40.7 Å². The number of aromatic nitrogens is 1. The third-order valence-electron chi connectivity index (χ3n) is 3.66. The molecule has 7 heteroatoms. The van der Waals surface area contributed by atoms with Crippen LogP contribution in [0.25, 0.3) is 11.3 Å². The first-order valence-electron chi connectivity index (χ1n) is 7.64. The highest BCUT2D eigenvalue weighted by atomic mass is 32.1. The molecule has 128 valence electrons. The van der Waals surface area contributed by atoms with Crippen LogP contribution in [-0.2, 0) is 4.79 Å². The van der Waals surface area contributed by atoms with Gasteiger partial charge in [-0.3, -0.25) is 14.9 Å². The second kappa shape index (κ2) is 7.16. The van der Waals surface area contributed by atoms with Crippen molar-refractivity contribution in [1.29, 1.82) is 0 Å². The van der Waals surface area contributed by atoms with Gasteiger partial charge in [0.1, 0.15) is 0 Å². The van der Waals surface area contributed by atoms with Crippen molar-refractivity contribution in [1.82, 2.24) is 4.98 Å². The van der Waals surface area contributed by atoms with Gasteiger partial charge in [-0.1, -0.05) is 12.1 Å². The molecule has 0 radical (unpaired) electrons. The molecule has 0 saturated heterocycles. The van der Waals surface area contributed by atoms with Crippen molar-refractivity contribution in [3.63, 3.8) is 0 Å². The van der Waals surface area contributed by atoms with Crippen LogP contribution in [0, 0.1) is 13.8 Å². The fraction of sp³-hybridized carbons (Fsp3) is 0.167. The summed E-state index contributed by atoms with van der Waals surface area (Å²) >= 11 is 2.61. The molecule has 0 unspecified atom stereocenters. The maximum atomic E-state index is 12.3. The largest absolute Gasteiger partial charge is 0.318 e. The quantitative estimate of drug-likeness (QED) is 0.698. The average molecular weight is 371 g/mol. The smallest absolute Gasteiger partial charge is 0.267 e. The first kappa shape index (κ1) is 17.3. The summed E-state index contributed by atoms with van der Waals surface area (Å²) in [5, 5.41) is 8.60. The number of nitrogens with one attached hydrogen (secondary N) is 2. The molecule has 0 fully saturated rings. The number of rotatable bonds is 4. The van der Waals surface area contributed by atoms with Crippen LogP contribution in [0.1, 0.15) is 27.7 Å². The van der Waals surface area contributed by atoms with Crippen molar-refractivity contribution < 1.29 is 9.59 Å². The van der Waals surface area contributed by atoms with E-state index in [1.54, 1.807) is 12.1 Å². The van der Waals surface area contributed by atoms with Gasteiger partial charge in [0.05, 0.1) is 15.6 Å². The molecule has 3 aromatic rings. The number of thiophene rings is 1. The topological polar surface area (TPSA) is 71.1 Å². The average Bonchev–Trinajstić information content (AvgIpc) is 3.19. The zero-order chi connectivity index (χ0) is 18.0. The Balaban J connectivity index is 1.72. The zero-order valence-corrected chi connectivity index (χ0v) is 15.7. The fourth-order valence-electron chi connectivity index (χ4n) is 2.22. The van der Waals surface area contributed by atoms with Gasteiger partial charge in [-0.15, -0.1) is 22.7 Å². The van der Waals surface area contributed by atoms with Gasteiger partial charge in [0, 0.05) is 17.9 Å². The van der Waals surface area contributed by atoms with Crippen LogP contribution in [0.3, 0.4) is 0 Å². The minimum atomic E-state index is -0.234. The summed E-state index contributed by atoms with van der Waals surface area (Å²) in [6, 6.07) is 9.58. The van der Waals surface area contributed by atoms with Gasteiger partial charge in [0.15, 0.2) is 5.13 Å². The Labute approximate surface area is 153 Å². The van der Waals surface area contributed by atoms with Gasteiger partial charge in [-0.2, -0.15) is 0 Å². The van der Waals surface area contributed by atoms with E-state index in [1.807, 2.05) is 11.4 Å².